The molecule has 0 bridgehead atoms. The Labute approximate surface area is 105 Å². The van der Waals surface area contributed by atoms with Crippen molar-refractivity contribution >= 4 is 23.3 Å². The van der Waals surface area contributed by atoms with E-state index in [2.05, 4.69) is 20.2 Å². The number of nitrogens with zero attached hydrogens (tertiary/aromatic N) is 3. The molecule has 1 aromatic rings. The third-order valence-electron chi connectivity index (χ3n) is 3.06. The lowest BCUT2D eigenvalue weighted by Crippen LogP contribution is -2.39. The summed E-state index contributed by atoms with van der Waals surface area (Å²) in [4.78, 5) is 21.7. The third-order valence-corrected chi connectivity index (χ3v) is 3.26. The van der Waals surface area contributed by atoms with Crippen LogP contribution < -0.4 is 10.2 Å². The lowest BCUT2D eigenvalue weighted by molar-refractivity contribution is -0.125. The standard InChI is InChI=1S/C11H15ClN4O/c1-13-11(17)8-2-4-16(5-3-8)10-6-9(12)14-7-15-10/h6-8H,2-5H2,1H3,(H,13,17). The summed E-state index contributed by atoms with van der Waals surface area (Å²) in [6, 6.07) is 1.75. The average molecular weight is 255 g/mol. The van der Waals surface area contributed by atoms with E-state index in [9.17, 15) is 4.79 Å². The van der Waals surface area contributed by atoms with Crippen LogP contribution in [-0.4, -0.2) is 36.0 Å². The highest BCUT2D eigenvalue weighted by Crippen LogP contribution is 2.22. The second-order valence-corrected chi connectivity index (χ2v) is 4.46. The molecule has 1 fully saturated rings. The van der Waals surface area contributed by atoms with Gasteiger partial charge in [0.15, 0.2) is 0 Å². The van der Waals surface area contributed by atoms with E-state index in [1.807, 2.05) is 0 Å². The summed E-state index contributed by atoms with van der Waals surface area (Å²) in [5, 5.41) is 3.14. The quantitative estimate of drug-likeness (QED) is 0.803. The zero-order chi connectivity index (χ0) is 12.3. The fraction of sp³-hybridized carbons (Fsp3) is 0.545. The average Bonchev–Trinajstić information content (AvgIpc) is 2.38. The Morgan fingerprint density at radius 3 is 2.76 bits per heavy atom. The first-order valence-electron chi connectivity index (χ1n) is 5.65. The van der Waals surface area contributed by atoms with Gasteiger partial charge in [-0.05, 0) is 12.8 Å². The van der Waals surface area contributed by atoms with Gasteiger partial charge in [-0.15, -0.1) is 0 Å². The van der Waals surface area contributed by atoms with E-state index in [1.165, 1.54) is 6.33 Å². The number of hydrogen-bond donors (Lipinski definition) is 1. The Morgan fingerprint density at radius 1 is 1.47 bits per heavy atom. The Kier molecular flexibility index (Phi) is 3.78. The van der Waals surface area contributed by atoms with Crippen molar-refractivity contribution in [1.29, 1.82) is 0 Å². The molecule has 1 N–H and O–H groups in total. The molecular formula is C11H15ClN4O. The molecule has 6 heteroatoms. The largest absolute Gasteiger partial charge is 0.359 e. The first kappa shape index (κ1) is 12.1. The Bertz CT molecular complexity index is 404. The molecule has 0 aliphatic carbocycles. The van der Waals surface area contributed by atoms with Gasteiger partial charge >= 0.3 is 0 Å². The second-order valence-electron chi connectivity index (χ2n) is 4.07. The molecule has 1 aliphatic heterocycles. The molecule has 0 radical (unpaired) electrons. The molecule has 5 nitrogen and oxygen atoms in total. The minimum atomic E-state index is 0.119. The zero-order valence-corrected chi connectivity index (χ0v) is 10.4. The van der Waals surface area contributed by atoms with Crippen LogP contribution in [0.25, 0.3) is 0 Å². The van der Waals surface area contributed by atoms with Crippen LogP contribution in [0, 0.1) is 5.92 Å². The van der Waals surface area contributed by atoms with Crippen LogP contribution in [0.4, 0.5) is 5.82 Å². The van der Waals surface area contributed by atoms with Crippen LogP contribution in [0.2, 0.25) is 5.15 Å². The molecule has 1 amide bonds. The number of piperidine rings is 1. The maximum absolute atomic E-state index is 11.5. The molecule has 0 atom stereocenters. The van der Waals surface area contributed by atoms with E-state index in [0.29, 0.717) is 5.15 Å². The molecule has 1 saturated heterocycles. The van der Waals surface area contributed by atoms with Gasteiger partial charge in [0.1, 0.15) is 17.3 Å². The summed E-state index contributed by atoms with van der Waals surface area (Å²) in [5.74, 6) is 1.08. The SMILES string of the molecule is CNC(=O)C1CCN(c2cc(Cl)ncn2)CC1. The van der Waals surface area contributed by atoms with Gasteiger partial charge in [0.05, 0.1) is 0 Å². The van der Waals surface area contributed by atoms with Crippen molar-refractivity contribution in [2.75, 3.05) is 25.0 Å². The van der Waals surface area contributed by atoms with Crippen LogP contribution in [0.15, 0.2) is 12.4 Å². The maximum atomic E-state index is 11.5. The van der Waals surface area contributed by atoms with Crippen LogP contribution in [-0.2, 0) is 4.79 Å². The van der Waals surface area contributed by atoms with Gasteiger partial charge in [-0.1, -0.05) is 11.6 Å². The summed E-state index contributed by atoms with van der Waals surface area (Å²) in [7, 11) is 1.68. The molecule has 2 heterocycles. The van der Waals surface area contributed by atoms with Gasteiger partial charge in [-0.2, -0.15) is 0 Å². The van der Waals surface area contributed by atoms with Crippen molar-refractivity contribution < 1.29 is 4.79 Å². The van der Waals surface area contributed by atoms with Crippen LogP contribution >= 0.6 is 11.6 Å². The third kappa shape index (κ3) is 2.85. The smallest absolute Gasteiger partial charge is 0.222 e. The van der Waals surface area contributed by atoms with Crippen molar-refractivity contribution in [3.8, 4) is 0 Å². The van der Waals surface area contributed by atoms with Gasteiger partial charge in [-0.3, -0.25) is 4.79 Å². The first-order chi connectivity index (χ1) is 8.20. The summed E-state index contributed by atoms with van der Waals surface area (Å²) < 4.78 is 0. The van der Waals surface area contributed by atoms with Crippen molar-refractivity contribution in [1.82, 2.24) is 15.3 Å². The summed E-state index contributed by atoms with van der Waals surface area (Å²) in [6.07, 6.45) is 3.16. The number of rotatable bonds is 2. The summed E-state index contributed by atoms with van der Waals surface area (Å²) in [6.45, 7) is 1.65. The topological polar surface area (TPSA) is 58.1 Å². The van der Waals surface area contributed by atoms with Crippen LogP contribution in [0.3, 0.4) is 0 Å². The van der Waals surface area contributed by atoms with Crippen molar-refractivity contribution in [2.45, 2.75) is 12.8 Å². The minimum absolute atomic E-state index is 0.119. The normalized spacial score (nSPS) is 16.9. The fourth-order valence-corrected chi connectivity index (χ4v) is 2.21. The molecule has 0 unspecified atom stereocenters. The predicted octanol–water partition coefficient (Wildman–Crippen LogP) is 1.09. The van der Waals surface area contributed by atoms with E-state index < -0.39 is 0 Å². The Balaban J connectivity index is 1.97. The van der Waals surface area contributed by atoms with Crippen molar-refractivity contribution in [3.05, 3.63) is 17.5 Å². The molecular weight excluding hydrogens is 240 g/mol. The summed E-state index contributed by atoms with van der Waals surface area (Å²) in [5.41, 5.74) is 0. The van der Waals surface area contributed by atoms with Gasteiger partial charge < -0.3 is 10.2 Å². The molecule has 92 valence electrons. The predicted molar refractivity (Wildman–Crippen MR) is 66.0 cm³/mol. The molecule has 0 aromatic carbocycles. The highest BCUT2D eigenvalue weighted by Gasteiger charge is 2.24. The van der Waals surface area contributed by atoms with Gasteiger partial charge in [0.2, 0.25) is 5.91 Å². The highest BCUT2D eigenvalue weighted by molar-refractivity contribution is 6.29. The number of amides is 1. The fourth-order valence-electron chi connectivity index (χ4n) is 2.07. The number of aromatic nitrogens is 2. The maximum Gasteiger partial charge on any atom is 0.222 e. The minimum Gasteiger partial charge on any atom is -0.359 e. The van der Waals surface area contributed by atoms with Crippen LogP contribution in [0.5, 0.6) is 0 Å². The molecule has 1 aromatic heterocycles. The number of carbonyl (C=O) groups is 1. The first-order valence-corrected chi connectivity index (χ1v) is 6.02. The number of hydrogen-bond acceptors (Lipinski definition) is 4. The van der Waals surface area contributed by atoms with Crippen molar-refractivity contribution in [2.24, 2.45) is 5.92 Å². The highest BCUT2D eigenvalue weighted by atomic mass is 35.5. The van der Waals surface area contributed by atoms with E-state index in [1.54, 1.807) is 13.1 Å². The molecule has 1 aliphatic rings. The Morgan fingerprint density at radius 2 is 2.18 bits per heavy atom. The summed E-state index contributed by atoms with van der Waals surface area (Å²) >= 11 is 5.82. The van der Waals surface area contributed by atoms with E-state index in [-0.39, 0.29) is 11.8 Å². The number of anilines is 1. The van der Waals surface area contributed by atoms with Gasteiger partial charge in [-0.25, -0.2) is 9.97 Å². The lowest BCUT2D eigenvalue weighted by atomic mass is 9.96. The van der Waals surface area contributed by atoms with E-state index in [0.717, 1.165) is 31.7 Å². The van der Waals surface area contributed by atoms with E-state index >= 15 is 0 Å². The van der Waals surface area contributed by atoms with Crippen molar-refractivity contribution in [3.63, 3.8) is 0 Å². The molecule has 17 heavy (non-hydrogen) atoms. The number of halogens is 1. The molecule has 0 saturated carbocycles. The Hall–Kier alpha value is -1.36. The second kappa shape index (κ2) is 5.31. The number of nitrogens with one attached hydrogen (secondary N) is 1. The van der Waals surface area contributed by atoms with Crippen LogP contribution in [0.1, 0.15) is 12.8 Å². The monoisotopic (exact) mass is 254 g/mol. The molecule has 2 rings (SSSR count). The molecule has 0 spiro atoms. The number of carbonyl (C=O) groups excluding carboxylic acids is 1. The van der Waals surface area contributed by atoms with E-state index in [4.69, 9.17) is 11.6 Å². The van der Waals surface area contributed by atoms with Gasteiger partial charge in [0.25, 0.3) is 0 Å². The zero-order valence-electron chi connectivity index (χ0n) is 9.69. The lowest BCUT2D eigenvalue weighted by Gasteiger charge is -2.31. The van der Waals surface area contributed by atoms with Gasteiger partial charge in [0, 0.05) is 32.1 Å².